The Labute approximate surface area is 223 Å². The van der Waals surface area contributed by atoms with Crippen LogP contribution in [-0.2, 0) is 11.3 Å². The number of benzene rings is 2. The summed E-state index contributed by atoms with van der Waals surface area (Å²) in [5.41, 5.74) is 0.0804. The highest BCUT2D eigenvalue weighted by Gasteiger charge is 2.38. The van der Waals surface area contributed by atoms with Gasteiger partial charge in [-0.05, 0) is 17.7 Å². The summed E-state index contributed by atoms with van der Waals surface area (Å²) in [6.07, 6.45) is 1.62. The molecule has 0 unspecified atom stereocenters. The zero-order valence-corrected chi connectivity index (χ0v) is 21.4. The van der Waals surface area contributed by atoms with Crippen molar-refractivity contribution in [1.29, 1.82) is 0 Å². The fourth-order valence-corrected chi connectivity index (χ4v) is 4.52. The molecule has 188 valence electrons. The highest BCUT2D eigenvalue weighted by atomic mass is 35.5. The van der Waals surface area contributed by atoms with E-state index < -0.39 is 17.5 Å². The first-order valence-corrected chi connectivity index (χ1v) is 12.3. The lowest BCUT2D eigenvalue weighted by Crippen LogP contribution is -2.51. The second kappa shape index (κ2) is 11.4. The van der Waals surface area contributed by atoms with E-state index in [1.165, 1.54) is 12.3 Å². The van der Waals surface area contributed by atoms with Crippen molar-refractivity contribution in [2.45, 2.75) is 25.0 Å². The standard InChI is InChI=1S/C25H23Cl3N4O4/c26-18-8-4-7-17(20(18)27)22(34)21-23(28)31-19(14-29-21)32-11-9-25(15-33,10-12-32)36-24(35)30-13-16-5-2-1-3-6-16/h1-8,14,33H,9-13,15H2,(H,30,35). The Morgan fingerprint density at radius 2 is 1.78 bits per heavy atom. The molecular weight excluding hydrogens is 527 g/mol. The van der Waals surface area contributed by atoms with Gasteiger partial charge in [0, 0.05) is 38.0 Å². The van der Waals surface area contributed by atoms with Gasteiger partial charge < -0.3 is 20.1 Å². The molecule has 0 aliphatic carbocycles. The molecule has 1 aromatic heterocycles. The molecule has 0 radical (unpaired) electrons. The lowest BCUT2D eigenvalue weighted by atomic mass is 9.92. The Hall–Kier alpha value is -2.91. The average Bonchev–Trinajstić information content (AvgIpc) is 2.89. The van der Waals surface area contributed by atoms with Gasteiger partial charge >= 0.3 is 6.09 Å². The number of halogens is 3. The maximum absolute atomic E-state index is 12.9. The minimum Gasteiger partial charge on any atom is -0.440 e. The second-order valence-corrected chi connectivity index (χ2v) is 9.50. The lowest BCUT2D eigenvalue weighted by Gasteiger charge is -2.40. The van der Waals surface area contributed by atoms with E-state index in [9.17, 15) is 14.7 Å². The van der Waals surface area contributed by atoms with Crippen LogP contribution >= 0.6 is 34.8 Å². The second-order valence-electron chi connectivity index (χ2n) is 8.35. The molecule has 3 aromatic rings. The van der Waals surface area contributed by atoms with E-state index in [-0.39, 0.29) is 33.1 Å². The van der Waals surface area contributed by atoms with Crippen LogP contribution in [-0.4, -0.2) is 52.2 Å². The Morgan fingerprint density at radius 3 is 2.44 bits per heavy atom. The number of rotatable bonds is 7. The SMILES string of the molecule is O=C(NCc1ccccc1)OC1(CO)CCN(c2cnc(C(=O)c3cccc(Cl)c3Cl)c(Cl)n2)CC1. The maximum atomic E-state index is 12.9. The van der Waals surface area contributed by atoms with E-state index in [0.717, 1.165) is 5.56 Å². The number of amides is 1. The summed E-state index contributed by atoms with van der Waals surface area (Å²) in [7, 11) is 0. The molecule has 11 heteroatoms. The van der Waals surface area contributed by atoms with Gasteiger partial charge in [0.2, 0.25) is 5.78 Å². The van der Waals surface area contributed by atoms with Gasteiger partial charge in [0.05, 0.1) is 22.8 Å². The number of anilines is 1. The van der Waals surface area contributed by atoms with E-state index in [0.29, 0.717) is 38.3 Å². The van der Waals surface area contributed by atoms with Crippen LogP contribution in [0.15, 0.2) is 54.7 Å². The lowest BCUT2D eigenvalue weighted by molar-refractivity contribution is -0.0460. The number of aliphatic hydroxyl groups is 1. The number of aromatic nitrogens is 2. The Kier molecular flexibility index (Phi) is 8.31. The van der Waals surface area contributed by atoms with Crippen molar-refractivity contribution in [2.75, 3.05) is 24.6 Å². The molecule has 36 heavy (non-hydrogen) atoms. The van der Waals surface area contributed by atoms with Crippen molar-refractivity contribution >= 4 is 52.5 Å². The number of nitrogens with zero attached hydrogens (tertiary/aromatic N) is 3. The summed E-state index contributed by atoms with van der Waals surface area (Å²) >= 11 is 18.5. The molecule has 0 saturated carbocycles. The average molecular weight is 550 g/mol. The van der Waals surface area contributed by atoms with Gasteiger partial charge in [0.1, 0.15) is 17.1 Å². The molecule has 0 spiro atoms. The number of ketones is 1. The molecule has 2 aromatic carbocycles. The Bertz CT molecular complexity index is 1250. The van der Waals surface area contributed by atoms with Crippen molar-refractivity contribution in [3.05, 3.63) is 86.7 Å². The molecular formula is C25H23Cl3N4O4. The third-order valence-corrected chi connectivity index (χ3v) is 7.09. The molecule has 1 aliphatic heterocycles. The van der Waals surface area contributed by atoms with Crippen LogP contribution in [0.3, 0.4) is 0 Å². The van der Waals surface area contributed by atoms with Crippen molar-refractivity contribution in [3.8, 4) is 0 Å². The van der Waals surface area contributed by atoms with Gasteiger partial charge in [0.25, 0.3) is 0 Å². The molecule has 1 aliphatic rings. The Balaban J connectivity index is 1.38. The van der Waals surface area contributed by atoms with Gasteiger partial charge in [-0.15, -0.1) is 0 Å². The molecule has 8 nitrogen and oxygen atoms in total. The van der Waals surface area contributed by atoms with Crippen molar-refractivity contribution < 1.29 is 19.4 Å². The topological polar surface area (TPSA) is 105 Å². The summed E-state index contributed by atoms with van der Waals surface area (Å²) in [5, 5.41) is 13.0. The molecule has 2 N–H and O–H groups in total. The zero-order chi connectivity index (χ0) is 25.7. The number of piperidine rings is 1. The number of hydrogen-bond donors (Lipinski definition) is 2. The highest BCUT2D eigenvalue weighted by molar-refractivity contribution is 6.44. The van der Waals surface area contributed by atoms with Crippen LogP contribution in [0.4, 0.5) is 10.6 Å². The van der Waals surface area contributed by atoms with Crippen molar-refractivity contribution in [3.63, 3.8) is 0 Å². The van der Waals surface area contributed by atoms with E-state index in [2.05, 4.69) is 15.3 Å². The first-order valence-electron chi connectivity index (χ1n) is 11.2. The predicted octanol–water partition coefficient (Wildman–Crippen LogP) is 4.93. The van der Waals surface area contributed by atoms with E-state index in [1.54, 1.807) is 12.1 Å². The van der Waals surface area contributed by atoms with Gasteiger partial charge in [-0.25, -0.2) is 14.8 Å². The first kappa shape index (κ1) is 26.2. The summed E-state index contributed by atoms with van der Waals surface area (Å²) in [6.45, 7) is 0.891. The molecule has 1 saturated heterocycles. The van der Waals surface area contributed by atoms with Gasteiger partial charge in [-0.1, -0.05) is 71.2 Å². The monoisotopic (exact) mass is 548 g/mol. The largest absolute Gasteiger partial charge is 0.440 e. The summed E-state index contributed by atoms with van der Waals surface area (Å²) < 4.78 is 5.62. The quantitative estimate of drug-likeness (QED) is 0.403. The van der Waals surface area contributed by atoms with Crippen LogP contribution in [0.1, 0.15) is 34.5 Å². The normalized spacial score (nSPS) is 14.8. The number of hydrogen-bond acceptors (Lipinski definition) is 7. The van der Waals surface area contributed by atoms with E-state index in [4.69, 9.17) is 39.5 Å². The van der Waals surface area contributed by atoms with Crippen LogP contribution in [0, 0.1) is 0 Å². The fraction of sp³-hybridized carbons (Fsp3) is 0.280. The molecule has 2 heterocycles. The highest BCUT2D eigenvalue weighted by Crippen LogP contribution is 2.31. The predicted molar refractivity (Wildman–Crippen MR) is 138 cm³/mol. The number of nitrogens with one attached hydrogen (secondary N) is 1. The van der Waals surface area contributed by atoms with E-state index >= 15 is 0 Å². The van der Waals surface area contributed by atoms with Crippen LogP contribution in [0.25, 0.3) is 0 Å². The zero-order valence-electron chi connectivity index (χ0n) is 19.1. The third-order valence-electron chi connectivity index (χ3n) is 6.00. The molecule has 0 bridgehead atoms. The molecule has 4 rings (SSSR count). The smallest absolute Gasteiger partial charge is 0.408 e. The number of ether oxygens (including phenoxy) is 1. The minimum atomic E-state index is -1.01. The van der Waals surface area contributed by atoms with Crippen LogP contribution in [0.2, 0.25) is 15.2 Å². The number of aliphatic hydroxyl groups excluding tert-OH is 1. The van der Waals surface area contributed by atoms with Gasteiger partial charge in [-0.3, -0.25) is 4.79 Å². The first-order chi connectivity index (χ1) is 17.3. The summed E-state index contributed by atoms with van der Waals surface area (Å²) in [4.78, 5) is 35.7. The van der Waals surface area contributed by atoms with Gasteiger partial charge in [0.15, 0.2) is 5.15 Å². The molecule has 1 fully saturated rings. The number of alkyl carbamates (subject to hydrolysis) is 1. The fourth-order valence-electron chi connectivity index (χ4n) is 3.91. The summed E-state index contributed by atoms with van der Waals surface area (Å²) in [6, 6.07) is 14.2. The van der Waals surface area contributed by atoms with Crippen molar-refractivity contribution in [1.82, 2.24) is 15.3 Å². The maximum Gasteiger partial charge on any atom is 0.408 e. The Morgan fingerprint density at radius 1 is 1.06 bits per heavy atom. The van der Waals surface area contributed by atoms with E-state index in [1.807, 2.05) is 35.2 Å². The summed E-state index contributed by atoms with van der Waals surface area (Å²) in [5.74, 6) is -0.0202. The number of carbonyl (C=O) groups excluding carboxylic acids is 2. The molecule has 0 atom stereocenters. The van der Waals surface area contributed by atoms with Crippen LogP contribution < -0.4 is 10.2 Å². The minimum absolute atomic E-state index is 0.0373. The third kappa shape index (κ3) is 5.90. The van der Waals surface area contributed by atoms with Crippen molar-refractivity contribution in [2.24, 2.45) is 0 Å². The number of carbonyl (C=O) groups is 2. The van der Waals surface area contributed by atoms with Crippen LogP contribution in [0.5, 0.6) is 0 Å². The van der Waals surface area contributed by atoms with Gasteiger partial charge in [-0.2, -0.15) is 0 Å². The molecule has 1 amide bonds.